The van der Waals surface area contributed by atoms with E-state index in [-0.39, 0.29) is 0 Å². The molecule has 2 N–H and O–H groups in total. The SMILES string of the molecule is CN=C(NCCOc1ccccc1)NCc1cn2ccsc2n1. The highest BCUT2D eigenvalue weighted by atomic mass is 32.1. The number of fused-ring (bicyclic) bond motifs is 1. The van der Waals surface area contributed by atoms with Crippen LogP contribution in [0.2, 0.25) is 0 Å². The number of para-hydroxylation sites is 1. The Kier molecular flexibility index (Phi) is 5.10. The Morgan fingerprint density at radius 3 is 2.96 bits per heavy atom. The minimum absolute atomic E-state index is 0.574. The Morgan fingerprint density at radius 1 is 1.30 bits per heavy atom. The second-order valence-corrected chi connectivity index (χ2v) is 5.71. The molecule has 0 saturated carbocycles. The molecule has 0 aliphatic carbocycles. The van der Waals surface area contributed by atoms with E-state index in [0.717, 1.165) is 22.4 Å². The third-order valence-electron chi connectivity index (χ3n) is 3.21. The van der Waals surface area contributed by atoms with Gasteiger partial charge in [0.15, 0.2) is 10.9 Å². The van der Waals surface area contributed by atoms with Gasteiger partial charge in [-0.2, -0.15) is 0 Å². The first kappa shape index (κ1) is 15.4. The van der Waals surface area contributed by atoms with Crippen LogP contribution in [0.15, 0.2) is 53.1 Å². The molecule has 0 amide bonds. The number of aliphatic imine (C=N–C) groups is 1. The van der Waals surface area contributed by atoms with E-state index in [2.05, 4.69) is 20.6 Å². The average Bonchev–Trinajstić information content (AvgIpc) is 3.16. The lowest BCUT2D eigenvalue weighted by molar-refractivity contribution is 0.322. The van der Waals surface area contributed by atoms with Crippen molar-refractivity contribution >= 4 is 22.3 Å². The Morgan fingerprint density at radius 2 is 2.17 bits per heavy atom. The van der Waals surface area contributed by atoms with Crippen LogP contribution in [0.25, 0.3) is 4.96 Å². The van der Waals surface area contributed by atoms with Crippen molar-refractivity contribution in [2.45, 2.75) is 6.54 Å². The molecule has 2 heterocycles. The Labute approximate surface area is 138 Å². The topological polar surface area (TPSA) is 63.0 Å². The second kappa shape index (κ2) is 7.64. The van der Waals surface area contributed by atoms with E-state index < -0.39 is 0 Å². The van der Waals surface area contributed by atoms with Crippen molar-refractivity contribution in [2.24, 2.45) is 4.99 Å². The zero-order valence-electron chi connectivity index (χ0n) is 12.9. The van der Waals surface area contributed by atoms with Crippen molar-refractivity contribution in [1.82, 2.24) is 20.0 Å². The molecule has 0 saturated heterocycles. The van der Waals surface area contributed by atoms with Crippen LogP contribution in [-0.4, -0.2) is 35.5 Å². The molecular weight excluding hydrogens is 310 g/mol. The molecule has 7 heteroatoms. The van der Waals surface area contributed by atoms with E-state index in [1.807, 2.05) is 52.5 Å². The van der Waals surface area contributed by atoms with Crippen LogP contribution < -0.4 is 15.4 Å². The maximum Gasteiger partial charge on any atom is 0.193 e. The summed E-state index contributed by atoms with van der Waals surface area (Å²) < 4.78 is 7.65. The molecule has 0 aliphatic heterocycles. The van der Waals surface area contributed by atoms with Crippen LogP contribution in [0, 0.1) is 0 Å². The molecule has 3 rings (SSSR count). The van der Waals surface area contributed by atoms with Gasteiger partial charge in [-0.1, -0.05) is 18.2 Å². The summed E-state index contributed by atoms with van der Waals surface area (Å²) in [7, 11) is 1.75. The molecule has 120 valence electrons. The summed E-state index contributed by atoms with van der Waals surface area (Å²) in [4.78, 5) is 9.72. The smallest absolute Gasteiger partial charge is 0.193 e. The van der Waals surface area contributed by atoms with Crippen molar-refractivity contribution in [2.75, 3.05) is 20.2 Å². The maximum atomic E-state index is 5.63. The van der Waals surface area contributed by atoms with Gasteiger partial charge in [0, 0.05) is 24.8 Å². The number of benzene rings is 1. The standard InChI is InChI=1S/C16H19N5OS/c1-17-15(18-7-9-22-14-5-3-2-4-6-14)19-11-13-12-21-8-10-23-16(21)20-13/h2-6,8,10,12H,7,9,11H2,1H3,(H2,17,18,19). The first-order chi connectivity index (χ1) is 11.3. The highest BCUT2D eigenvalue weighted by molar-refractivity contribution is 7.15. The Hall–Kier alpha value is -2.54. The van der Waals surface area contributed by atoms with Gasteiger partial charge < -0.3 is 15.4 Å². The van der Waals surface area contributed by atoms with Crippen molar-refractivity contribution in [1.29, 1.82) is 0 Å². The fourth-order valence-corrected chi connectivity index (χ4v) is 2.83. The molecule has 2 aromatic heterocycles. The molecular formula is C16H19N5OS. The van der Waals surface area contributed by atoms with Crippen molar-refractivity contribution in [3.8, 4) is 5.75 Å². The monoisotopic (exact) mass is 329 g/mol. The van der Waals surface area contributed by atoms with Gasteiger partial charge in [0.2, 0.25) is 0 Å². The second-order valence-electron chi connectivity index (χ2n) is 4.84. The van der Waals surface area contributed by atoms with Crippen LogP contribution in [-0.2, 0) is 6.54 Å². The minimum atomic E-state index is 0.574. The molecule has 23 heavy (non-hydrogen) atoms. The predicted molar refractivity (Wildman–Crippen MR) is 93.2 cm³/mol. The molecule has 0 bridgehead atoms. The molecule has 6 nitrogen and oxygen atoms in total. The van der Waals surface area contributed by atoms with Crippen LogP contribution in [0.3, 0.4) is 0 Å². The summed E-state index contributed by atoms with van der Waals surface area (Å²) in [5.74, 6) is 1.60. The Balaban J connectivity index is 1.40. The lowest BCUT2D eigenvalue weighted by Crippen LogP contribution is -2.38. The number of hydrogen-bond donors (Lipinski definition) is 2. The summed E-state index contributed by atoms with van der Waals surface area (Å²) in [5, 5.41) is 8.49. The summed E-state index contributed by atoms with van der Waals surface area (Å²) in [6.07, 6.45) is 4.02. The van der Waals surface area contributed by atoms with Crippen molar-refractivity contribution < 1.29 is 4.74 Å². The predicted octanol–water partition coefficient (Wildman–Crippen LogP) is 2.14. The van der Waals surface area contributed by atoms with Crippen molar-refractivity contribution in [3.63, 3.8) is 0 Å². The fourth-order valence-electron chi connectivity index (χ4n) is 2.11. The third kappa shape index (κ3) is 4.23. The lowest BCUT2D eigenvalue weighted by Gasteiger charge is -2.11. The van der Waals surface area contributed by atoms with Crippen LogP contribution >= 0.6 is 11.3 Å². The summed E-state index contributed by atoms with van der Waals surface area (Å²) >= 11 is 1.62. The molecule has 0 unspecified atom stereocenters. The Bertz CT molecular complexity index is 736. The van der Waals surface area contributed by atoms with Gasteiger partial charge in [-0.3, -0.25) is 9.39 Å². The lowest BCUT2D eigenvalue weighted by atomic mass is 10.3. The summed E-state index contributed by atoms with van der Waals surface area (Å²) in [6.45, 7) is 1.88. The number of nitrogens with zero attached hydrogens (tertiary/aromatic N) is 3. The molecule has 3 aromatic rings. The first-order valence-electron chi connectivity index (χ1n) is 7.38. The number of guanidine groups is 1. The zero-order chi connectivity index (χ0) is 15.9. The number of thiazole rings is 1. The van der Waals surface area contributed by atoms with E-state index >= 15 is 0 Å². The van der Waals surface area contributed by atoms with E-state index in [4.69, 9.17) is 4.74 Å². The summed E-state index contributed by atoms with van der Waals surface area (Å²) in [5.41, 5.74) is 0.986. The number of hydrogen-bond acceptors (Lipinski definition) is 4. The van der Waals surface area contributed by atoms with E-state index in [9.17, 15) is 0 Å². The van der Waals surface area contributed by atoms with Gasteiger partial charge in [-0.05, 0) is 12.1 Å². The number of aromatic nitrogens is 2. The quantitative estimate of drug-likeness (QED) is 0.413. The van der Waals surface area contributed by atoms with Crippen LogP contribution in [0.1, 0.15) is 5.69 Å². The van der Waals surface area contributed by atoms with Gasteiger partial charge in [-0.25, -0.2) is 4.98 Å². The van der Waals surface area contributed by atoms with E-state index in [0.29, 0.717) is 19.7 Å². The van der Waals surface area contributed by atoms with Crippen LogP contribution in [0.4, 0.5) is 0 Å². The normalized spacial score (nSPS) is 11.6. The highest BCUT2D eigenvalue weighted by Crippen LogP contribution is 2.11. The molecule has 0 fully saturated rings. The van der Waals surface area contributed by atoms with E-state index in [1.165, 1.54) is 0 Å². The number of rotatable bonds is 6. The van der Waals surface area contributed by atoms with E-state index in [1.54, 1.807) is 18.4 Å². The zero-order valence-corrected chi connectivity index (χ0v) is 13.7. The van der Waals surface area contributed by atoms with Gasteiger partial charge in [0.05, 0.1) is 18.8 Å². The molecule has 0 radical (unpaired) electrons. The average molecular weight is 329 g/mol. The molecule has 0 spiro atoms. The van der Waals surface area contributed by atoms with Gasteiger partial charge in [0.25, 0.3) is 0 Å². The fraction of sp³-hybridized carbons (Fsp3) is 0.250. The number of imidazole rings is 1. The van der Waals surface area contributed by atoms with Gasteiger partial charge in [0.1, 0.15) is 12.4 Å². The summed E-state index contributed by atoms with van der Waals surface area (Å²) in [6, 6.07) is 9.77. The minimum Gasteiger partial charge on any atom is -0.492 e. The first-order valence-corrected chi connectivity index (χ1v) is 8.26. The number of nitrogens with one attached hydrogen (secondary N) is 2. The van der Waals surface area contributed by atoms with Gasteiger partial charge >= 0.3 is 0 Å². The third-order valence-corrected chi connectivity index (χ3v) is 3.98. The molecule has 0 aliphatic rings. The van der Waals surface area contributed by atoms with Crippen molar-refractivity contribution in [3.05, 3.63) is 53.8 Å². The number of ether oxygens (including phenoxy) is 1. The largest absolute Gasteiger partial charge is 0.492 e. The molecule has 0 atom stereocenters. The van der Waals surface area contributed by atoms with Crippen LogP contribution in [0.5, 0.6) is 5.75 Å². The maximum absolute atomic E-state index is 5.63. The molecule has 1 aromatic carbocycles. The van der Waals surface area contributed by atoms with Gasteiger partial charge in [-0.15, -0.1) is 11.3 Å². The highest BCUT2D eigenvalue weighted by Gasteiger charge is 2.03.